The lowest BCUT2D eigenvalue weighted by molar-refractivity contribution is -0.137. The topological polar surface area (TPSA) is 116 Å². The van der Waals surface area contributed by atoms with E-state index in [2.05, 4.69) is 20.7 Å². The Morgan fingerprint density at radius 2 is 2.00 bits per heavy atom. The molecule has 1 fully saturated rings. The number of aromatic nitrogens is 4. The number of carboxylic acid groups (broad SMARTS) is 1. The molecular formula is C10H17N7O3. The second-order valence-corrected chi connectivity index (χ2v) is 4.51. The largest absolute Gasteiger partial charge is 0.481 e. The van der Waals surface area contributed by atoms with Crippen molar-refractivity contribution in [3.63, 3.8) is 0 Å². The molecule has 0 saturated carbocycles. The summed E-state index contributed by atoms with van der Waals surface area (Å²) in [4.78, 5) is 27.4. The normalized spacial score (nSPS) is 16.1. The Morgan fingerprint density at radius 3 is 2.55 bits per heavy atom. The molecule has 10 nitrogen and oxygen atoms in total. The number of carbonyl (C=O) groups is 2. The molecule has 10 heteroatoms. The van der Waals surface area contributed by atoms with Crippen LogP contribution in [-0.4, -0.2) is 79.8 Å². The molecule has 1 saturated heterocycles. The Balaban J connectivity index is 1.75. The molecule has 2 amide bonds. The van der Waals surface area contributed by atoms with Gasteiger partial charge in [0, 0.05) is 32.7 Å². The molecule has 1 aliphatic rings. The number of urea groups is 1. The lowest BCUT2D eigenvalue weighted by Crippen LogP contribution is -2.50. The summed E-state index contributed by atoms with van der Waals surface area (Å²) in [5, 5.41) is 22.4. The summed E-state index contributed by atoms with van der Waals surface area (Å²) in [5.74, 6) is -0.635. The van der Waals surface area contributed by atoms with Gasteiger partial charge in [0.05, 0.1) is 13.5 Å². The summed E-state index contributed by atoms with van der Waals surface area (Å²) in [6, 6.07) is -0.268. The SMILES string of the molecule is Cn1nnc(NC(=O)N2CCN(CCC(=O)O)CC2)n1. The molecule has 1 aliphatic heterocycles. The van der Waals surface area contributed by atoms with Crippen molar-refractivity contribution >= 4 is 17.9 Å². The van der Waals surface area contributed by atoms with Gasteiger partial charge >= 0.3 is 12.0 Å². The maximum absolute atomic E-state index is 11.9. The highest BCUT2D eigenvalue weighted by Crippen LogP contribution is 2.05. The summed E-state index contributed by atoms with van der Waals surface area (Å²) >= 11 is 0. The van der Waals surface area contributed by atoms with Crippen molar-refractivity contribution < 1.29 is 14.7 Å². The standard InChI is InChI=1S/C10H17N7O3/c1-15-13-9(12-14-15)11-10(20)17-6-4-16(5-7-17)3-2-8(18)19/h2-7H2,1H3,(H,18,19)(H,11,13,20). The van der Waals surface area contributed by atoms with E-state index in [-0.39, 0.29) is 18.4 Å². The molecule has 0 spiro atoms. The Bertz CT molecular complexity index is 481. The second kappa shape index (κ2) is 6.28. The number of anilines is 1. The molecule has 20 heavy (non-hydrogen) atoms. The van der Waals surface area contributed by atoms with Gasteiger partial charge in [0.15, 0.2) is 0 Å². The first-order chi connectivity index (χ1) is 9.54. The molecule has 0 bridgehead atoms. The predicted octanol–water partition coefficient (Wildman–Crippen LogP) is -1.17. The average Bonchev–Trinajstić information content (AvgIpc) is 2.82. The summed E-state index contributed by atoms with van der Waals surface area (Å²) in [7, 11) is 1.61. The third-order valence-corrected chi connectivity index (χ3v) is 3.03. The van der Waals surface area contributed by atoms with Crippen LogP contribution in [0.5, 0.6) is 0 Å². The van der Waals surface area contributed by atoms with Gasteiger partial charge < -0.3 is 10.0 Å². The van der Waals surface area contributed by atoms with Gasteiger partial charge in [-0.3, -0.25) is 15.0 Å². The molecule has 0 unspecified atom stereocenters. The number of nitrogens with zero attached hydrogens (tertiary/aromatic N) is 6. The van der Waals surface area contributed by atoms with Crippen LogP contribution in [0.15, 0.2) is 0 Å². The fraction of sp³-hybridized carbons (Fsp3) is 0.700. The zero-order valence-corrected chi connectivity index (χ0v) is 11.2. The van der Waals surface area contributed by atoms with Crippen molar-refractivity contribution in [2.24, 2.45) is 7.05 Å². The van der Waals surface area contributed by atoms with Crippen LogP contribution in [0.25, 0.3) is 0 Å². The first-order valence-corrected chi connectivity index (χ1v) is 6.28. The number of hydrogen-bond acceptors (Lipinski definition) is 6. The maximum atomic E-state index is 11.9. The van der Waals surface area contributed by atoms with Crippen molar-refractivity contribution in [1.82, 2.24) is 30.0 Å². The Kier molecular flexibility index (Phi) is 4.45. The Hall–Kier alpha value is -2.23. The number of amides is 2. The van der Waals surface area contributed by atoms with Gasteiger partial charge in [-0.05, 0) is 5.21 Å². The third-order valence-electron chi connectivity index (χ3n) is 3.03. The number of piperazine rings is 1. The van der Waals surface area contributed by atoms with E-state index in [1.54, 1.807) is 11.9 Å². The van der Waals surface area contributed by atoms with Crippen molar-refractivity contribution in [1.29, 1.82) is 0 Å². The third kappa shape index (κ3) is 3.88. The van der Waals surface area contributed by atoms with Crippen LogP contribution in [0.2, 0.25) is 0 Å². The van der Waals surface area contributed by atoms with Crippen molar-refractivity contribution in [2.75, 3.05) is 38.0 Å². The van der Waals surface area contributed by atoms with Crippen molar-refractivity contribution in [3.05, 3.63) is 0 Å². The smallest absolute Gasteiger partial charge is 0.324 e. The lowest BCUT2D eigenvalue weighted by atomic mass is 10.3. The second-order valence-electron chi connectivity index (χ2n) is 4.51. The predicted molar refractivity (Wildman–Crippen MR) is 68.1 cm³/mol. The van der Waals surface area contributed by atoms with E-state index in [1.165, 1.54) is 4.80 Å². The Labute approximate surface area is 115 Å². The first kappa shape index (κ1) is 14.2. The van der Waals surface area contributed by atoms with E-state index in [4.69, 9.17) is 5.11 Å². The number of aryl methyl sites for hydroxylation is 1. The van der Waals surface area contributed by atoms with Crippen LogP contribution < -0.4 is 5.32 Å². The van der Waals surface area contributed by atoms with Gasteiger partial charge in [0.1, 0.15) is 0 Å². The minimum Gasteiger partial charge on any atom is -0.481 e. The number of rotatable bonds is 4. The van der Waals surface area contributed by atoms with Crippen molar-refractivity contribution in [2.45, 2.75) is 6.42 Å². The van der Waals surface area contributed by atoms with E-state index >= 15 is 0 Å². The van der Waals surface area contributed by atoms with Crippen molar-refractivity contribution in [3.8, 4) is 0 Å². The highest BCUT2D eigenvalue weighted by atomic mass is 16.4. The fourth-order valence-electron chi connectivity index (χ4n) is 1.94. The van der Waals surface area contributed by atoms with Crippen LogP contribution in [-0.2, 0) is 11.8 Å². The van der Waals surface area contributed by atoms with E-state index < -0.39 is 5.97 Å². The minimum atomic E-state index is -0.807. The van der Waals surface area contributed by atoms with Gasteiger partial charge in [0.25, 0.3) is 5.95 Å². The van der Waals surface area contributed by atoms with Crippen LogP contribution in [0.1, 0.15) is 6.42 Å². The molecule has 1 aromatic heterocycles. The molecule has 1 aromatic rings. The van der Waals surface area contributed by atoms with Gasteiger partial charge in [0.2, 0.25) is 0 Å². The quantitative estimate of drug-likeness (QED) is 0.715. The molecule has 2 heterocycles. The maximum Gasteiger partial charge on any atom is 0.324 e. The number of carbonyl (C=O) groups excluding carboxylic acids is 1. The van der Waals surface area contributed by atoms with Crippen LogP contribution in [0.3, 0.4) is 0 Å². The monoisotopic (exact) mass is 283 g/mol. The van der Waals surface area contributed by atoms with Gasteiger partial charge in [-0.25, -0.2) is 4.79 Å². The number of hydrogen-bond donors (Lipinski definition) is 2. The van der Waals surface area contributed by atoms with E-state index in [0.29, 0.717) is 32.7 Å². The van der Waals surface area contributed by atoms with E-state index in [9.17, 15) is 9.59 Å². The molecule has 0 aromatic carbocycles. The number of carboxylic acids is 1. The molecule has 2 N–H and O–H groups in total. The van der Waals surface area contributed by atoms with Gasteiger partial charge in [-0.1, -0.05) is 5.10 Å². The summed E-state index contributed by atoms with van der Waals surface area (Å²) in [6.45, 7) is 2.93. The summed E-state index contributed by atoms with van der Waals surface area (Å²) in [5.41, 5.74) is 0. The zero-order valence-electron chi connectivity index (χ0n) is 11.2. The van der Waals surface area contributed by atoms with Gasteiger partial charge in [-0.2, -0.15) is 4.80 Å². The lowest BCUT2D eigenvalue weighted by Gasteiger charge is -2.34. The fourth-order valence-corrected chi connectivity index (χ4v) is 1.94. The number of nitrogens with one attached hydrogen (secondary N) is 1. The highest BCUT2D eigenvalue weighted by molar-refractivity contribution is 5.87. The number of aliphatic carboxylic acids is 1. The molecule has 0 atom stereocenters. The summed E-state index contributed by atoms with van der Waals surface area (Å²) < 4.78 is 0. The van der Waals surface area contributed by atoms with Crippen LogP contribution in [0, 0.1) is 0 Å². The average molecular weight is 283 g/mol. The molecule has 110 valence electrons. The minimum absolute atomic E-state index is 0.121. The molecule has 2 rings (SSSR count). The Morgan fingerprint density at radius 1 is 1.30 bits per heavy atom. The van der Waals surface area contributed by atoms with Crippen LogP contribution in [0.4, 0.5) is 10.7 Å². The number of tetrazole rings is 1. The highest BCUT2D eigenvalue weighted by Gasteiger charge is 2.22. The van der Waals surface area contributed by atoms with Gasteiger partial charge in [-0.15, -0.1) is 5.10 Å². The molecule has 0 aliphatic carbocycles. The van der Waals surface area contributed by atoms with E-state index in [1.807, 2.05) is 4.90 Å². The zero-order chi connectivity index (χ0) is 14.5. The van der Waals surface area contributed by atoms with E-state index in [0.717, 1.165) is 0 Å². The van der Waals surface area contributed by atoms with Crippen LogP contribution >= 0.6 is 0 Å². The molecular weight excluding hydrogens is 266 g/mol. The summed E-state index contributed by atoms with van der Waals surface area (Å²) in [6.07, 6.45) is 0.121. The molecule has 0 radical (unpaired) electrons. The first-order valence-electron chi connectivity index (χ1n) is 6.28.